The molecule has 2 unspecified atom stereocenters. The molecule has 0 saturated carbocycles. The third-order valence-corrected chi connectivity index (χ3v) is 3.99. The van der Waals surface area contributed by atoms with Gasteiger partial charge in [-0.1, -0.05) is 20.3 Å². The average Bonchev–Trinajstić information content (AvgIpc) is 2.35. The van der Waals surface area contributed by atoms with Crippen molar-refractivity contribution >= 4 is 5.91 Å². The molecule has 1 amide bonds. The molecule has 0 aromatic carbocycles. The SMILES string of the molecule is CC[C@H](C)[C@H](N)C(=O)N1CCC(OC)CC1C. The number of hydrogen-bond acceptors (Lipinski definition) is 3. The van der Waals surface area contributed by atoms with Gasteiger partial charge in [0.2, 0.25) is 5.91 Å². The van der Waals surface area contributed by atoms with Gasteiger partial charge in [0.05, 0.1) is 12.1 Å². The van der Waals surface area contributed by atoms with Gasteiger partial charge in [-0.15, -0.1) is 0 Å². The fourth-order valence-corrected chi connectivity index (χ4v) is 2.36. The van der Waals surface area contributed by atoms with Crippen molar-refractivity contribution in [1.82, 2.24) is 4.90 Å². The number of hydrogen-bond donors (Lipinski definition) is 1. The Kier molecular flexibility index (Phi) is 5.40. The van der Waals surface area contributed by atoms with Crippen LogP contribution in [0.4, 0.5) is 0 Å². The molecule has 4 nitrogen and oxygen atoms in total. The van der Waals surface area contributed by atoms with E-state index in [2.05, 4.69) is 13.8 Å². The molecule has 1 heterocycles. The summed E-state index contributed by atoms with van der Waals surface area (Å²) in [6.07, 6.45) is 3.05. The van der Waals surface area contributed by atoms with Crippen molar-refractivity contribution in [2.75, 3.05) is 13.7 Å². The molecule has 17 heavy (non-hydrogen) atoms. The molecular formula is C13H26N2O2. The van der Waals surface area contributed by atoms with Crippen molar-refractivity contribution < 1.29 is 9.53 Å². The second kappa shape index (κ2) is 6.36. The Morgan fingerprint density at radius 2 is 2.24 bits per heavy atom. The number of carbonyl (C=O) groups is 1. The van der Waals surface area contributed by atoms with E-state index in [0.717, 1.165) is 25.8 Å². The fourth-order valence-electron chi connectivity index (χ4n) is 2.36. The third-order valence-electron chi connectivity index (χ3n) is 3.99. The van der Waals surface area contributed by atoms with Crippen LogP contribution in [-0.4, -0.2) is 42.6 Å². The number of carbonyl (C=O) groups excluding carboxylic acids is 1. The quantitative estimate of drug-likeness (QED) is 0.810. The molecule has 1 fully saturated rings. The largest absolute Gasteiger partial charge is 0.381 e. The molecule has 0 radical (unpaired) electrons. The molecule has 0 aromatic rings. The molecule has 1 rings (SSSR count). The number of nitrogens with two attached hydrogens (primary N) is 1. The Morgan fingerprint density at radius 3 is 2.71 bits per heavy atom. The second-order valence-electron chi connectivity index (χ2n) is 5.17. The molecule has 1 aliphatic rings. The first-order valence-electron chi connectivity index (χ1n) is 6.60. The van der Waals surface area contributed by atoms with Gasteiger partial charge in [0, 0.05) is 19.7 Å². The van der Waals surface area contributed by atoms with Crippen molar-refractivity contribution in [2.24, 2.45) is 11.7 Å². The summed E-state index contributed by atoms with van der Waals surface area (Å²) in [6.45, 7) is 6.95. The Morgan fingerprint density at radius 1 is 1.59 bits per heavy atom. The minimum atomic E-state index is -0.360. The predicted octanol–water partition coefficient (Wildman–Crippen LogP) is 1.39. The van der Waals surface area contributed by atoms with E-state index < -0.39 is 0 Å². The maximum absolute atomic E-state index is 12.3. The maximum Gasteiger partial charge on any atom is 0.240 e. The van der Waals surface area contributed by atoms with Crippen LogP contribution in [0.25, 0.3) is 0 Å². The van der Waals surface area contributed by atoms with Crippen molar-refractivity contribution in [3.63, 3.8) is 0 Å². The first kappa shape index (κ1) is 14.5. The maximum atomic E-state index is 12.3. The Bertz CT molecular complexity index is 258. The highest BCUT2D eigenvalue weighted by Gasteiger charge is 2.32. The monoisotopic (exact) mass is 242 g/mol. The second-order valence-corrected chi connectivity index (χ2v) is 5.17. The Labute approximate surface area is 104 Å². The standard InChI is InChI=1S/C13H26N2O2/c1-5-9(2)12(14)13(16)15-7-6-11(17-4)8-10(15)3/h9-12H,5-8,14H2,1-4H3/t9-,10?,11?,12-/m0/s1. The smallest absolute Gasteiger partial charge is 0.240 e. The molecule has 0 bridgehead atoms. The summed E-state index contributed by atoms with van der Waals surface area (Å²) in [5, 5.41) is 0. The molecule has 0 spiro atoms. The number of methoxy groups -OCH3 is 1. The molecule has 0 aliphatic carbocycles. The number of piperidine rings is 1. The van der Waals surface area contributed by atoms with Crippen molar-refractivity contribution in [3.05, 3.63) is 0 Å². The van der Waals surface area contributed by atoms with Crippen LogP contribution in [0.3, 0.4) is 0 Å². The summed E-state index contributed by atoms with van der Waals surface area (Å²) < 4.78 is 5.35. The number of amides is 1. The summed E-state index contributed by atoms with van der Waals surface area (Å²) in [5.41, 5.74) is 6.01. The van der Waals surface area contributed by atoms with Gasteiger partial charge >= 0.3 is 0 Å². The van der Waals surface area contributed by atoms with E-state index in [9.17, 15) is 4.79 Å². The van der Waals surface area contributed by atoms with E-state index in [4.69, 9.17) is 10.5 Å². The van der Waals surface area contributed by atoms with Crippen molar-refractivity contribution in [2.45, 2.75) is 58.2 Å². The highest BCUT2D eigenvalue weighted by atomic mass is 16.5. The third kappa shape index (κ3) is 3.42. The molecular weight excluding hydrogens is 216 g/mol. The average molecular weight is 242 g/mol. The Balaban J connectivity index is 2.58. The van der Waals surface area contributed by atoms with E-state index >= 15 is 0 Å². The summed E-state index contributed by atoms with van der Waals surface area (Å²) in [6, 6.07) is -0.127. The molecule has 100 valence electrons. The lowest BCUT2D eigenvalue weighted by atomic mass is 9.95. The summed E-state index contributed by atoms with van der Waals surface area (Å²) in [5.74, 6) is 0.344. The summed E-state index contributed by atoms with van der Waals surface area (Å²) in [4.78, 5) is 14.2. The first-order valence-corrected chi connectivity index (χ1v) is 6.60. The van der Waals surface area contributed by atoms with E-state index in [1.54, 1.807) is 7.11 Å². The zero-order chi connectivity index (χ0) is 13.0. The van der Waals surface area contributed by atoms with Crippen molar-refractivity contribution in [1.29, 1.82) is 0 Å². The van der Waals surface area contributed by atoms with Crippen LogP contribution < -0.4 is 5.73 Å². The molecule has 4 atom stereocenters. The van der Waals surface area contributed by atoms with Crippen molar-refractivity contribution in [3.8, 4) is 0 Å². The lowest BCUT2D eigenvalue weighted by Crippen LogP contribution is -2.53. The van der Waals surface area contributed by atoms with Crippen LogP contribution >= 0.6 is 0 Å². The number of nitrogens with zero attached hydrogens (tertiary/aromatic N) is 1. The van der Waals surface area contributed by atoms with Gasteiger partial charge in [-0.05, 0) is 25.7 Å². The Hall–Kier alpha value is -0.610. The van der Waals surface area contributed by atoms with Gasteiger partial charge in [0.1, 0.15) is 0 Å². The van der Waals surface area contributed by atoms with Gasteiger partial charge < -0.3 is 15.4 Å². The summed E-state index contributed by atoms with van der Waals surface area (Å²) >= 11 is 0. The van der Waals surface area contributed by atoms with Gasteiger partial charge in [-0.3, -0.25) is 4.79 Å². The molecule has 2 N–H and O–H groups in total. The van der Waals surface area contributed by atoms with Gasteiger partial charge in [0.15, 0.2) is 0 Å². The van der Waals surface area contributed by atoms with E-state index in [1.807, 2.05) is 11.8 Å². The zero-order valence-corrected chi connectivity index (χ0v) is 11.5. The lowest BCUT2D eigenvalue weighted by Gasteiger charge is -2.39. The number of likely N-dealkylation sites (tertiary alicyclic amines) is 1. The number of ether oxygens (including phenoxy) is 1. The van der Waals surface area contributed by atoms with E-state index in [-0.39, 0.29) is 30.0 Å². The highest BCUT2D eigenvalue weighted by molar-refractivity contribution is 5.82. The molecule has 1 aliphatic heterocycles. The van der Waals surface area contributed by atoms with E-state index in [0.29, 0.717) is 0 Å². The lowest BCUT2D eigenvalue weighted by molar-refractivity contribution is -0.139. The van der Waals surface area contributed by atoms with Gasteiger partial charge in [-0.25, -0.2) is 0 Å². The first-order chi connectivity index (χ1) is 8.01. The predicted molar refractivity (Wildman–Crippen MR) is 68.6 cm³/mol. The topological polar surface area (TPSA) is 55.6 Å². The van der Waals surface area contributed by atoms with Gasteiger partial charge in [-0.2, -0.15) is 0 Å². The van der Waals surface area contributed by atoms with Crippen LogP contribution in [0.2, 0.25) is 0 Å². The zero-order valence-electron chi connectivity index (χ0n) is 11.5. The molecule has 1 saturated heterocycles. The minimum Gasteiger partial charge on any atom is -0.381 e. The van der Waals surface area contributed by atoms with Crippen LogP contribution in [0.1, 0.15) is 40.0 Å². The molecule has 4 heteroatoms. The van der Waals surface area contributed by atoms with Crippen LogP contribution in [0.5, 0.6) is 0 Å². The fraction of sp³-hybridized carbons (Fsp3) is 0.923. The normalized spacial score (nSPS) is 28.9. The highest BCUT2D eigenvalue weighted by Crippen LogP contribution is 2.21. The van der Waals surface area contributed by atoms with E-state index in [1.165, 1.54) is 0 Å². The van der Waals surface area contributed by atoms with Crippen LogP contribution in [0, 0.1) is 5.92 Å². The minimum absolute atomic E-state index is 0.0985. The van der Waals surface area contributed by atoms with Crippen LogP contribution in [0.15, 0.2) is 0 Å². The summed E-state index contributed by atoms with van der Waals surface area (Å²) in [7, 11) is 1.74. The van der Waals surface area contributed by atoms with Gasteiger partial charge in [0.25, 0.3) is 0 Å². The number of rotatable bonds is 4. The van der Waals surface area contributed by atoms with Crippen LogP contribution in [-0.2, 0) is 9.53 Å². The molecule has 0 aromatic heterocycles.